The summed E-state index contributed by atoms with van der Waals surface area (Å²) in [6.07, 6.45) is 1.25. The fourth-order valence-corrected chi connectivity index (χ4v) is 1.50. The molecule has 0 saturated heterocycles. The van der Waals surface area contributed by atoms with Crippen LogP contribution in [0, 0.1) is 6.92 Å². The molecule has 2 rings (SSSR count). The molecule has 4 nitrogen and oxygen atoms in total. The third kappa shape index (κ3) is 1.16. The lowest BCUT2D eigenvalue weighted by molar-refractivity contribution is 0.477. The zero-order valence-corrected chi connectivity index (χ0v) is 7.98. The van der Waals surface area contributed by atoms with Gasteiger partial charge in [-0.1, -0.05) is 0 Å². The lowest BCUT2D eigenvalue weighted by Crippen LogP contribution is -2.16. The Hall–Kier alpha value is -1.84. The molecule has 0 unspecified atom stereocenters. The molecule has 72 valence electrons. The third-order valence-electron chi connectivity index (χ3n) is 2.19. The minimum atomic E-state index is -0.225. The van der Waals surface area contributed by atoms with Gasteiger partial charge in [-0.05, 0) is 24.6 Å². The second kappa shape index (κ2) is 2.83. The zero-order chi connectivity index (χ0) is 10.3. The summed E-state index contributed by atoms with van der Waals surface area (Å²) >= 11 is 0. The molecule has 0 aliphatic rings. The predicted molar refractivity (Wildman–Crippen MR) is 53.4 cm³/mol. The van der Waals surface area contributed by atoms with E-state index in [9.17, 15) is 9.90 Å². The number of aromatic nitrogens is 2. The molecule has 0 spiro atoms. The maximum Gasteiger partial charge on any atom is 0.269 e. The Morgan fingerprint density at radius 2 is 2.14 bits per heavy atom. The molecule has 1 N–H and O–H groups in total. The number of aryl methyl sites for hydroxylation is 2. The molecular formula is C10H10N2O2. The molecule has 0 atom stereocenters. The number of hydrogen-bond donors (Lipinski definition) is 1. The largest absolute Gasteiger partial charge is 0.506 e. The minimum Gasteiger partial charge on any atom is -0.506 e. The first-order chi connectivity index (χ1) is 6.59. The second-order valence-electron chi connectivity index (χ2n) is 3.31. The molecule has 1 heterocycles. The SMILES string of the molecule is Cc1cc(O)c2c(c1)ncc(=O)n2C. The van der Waals surface area contributed by atoms with E-state index in [4.69, 9.17) is 0 Å². The standard InChI is InChI=1S/C10H10N2O2/c1-6-3-7-10(8(13)4-6)12(2)9(14)5-11-7/h3-5,13H,1-2H3. The van der Waals surface area contributed by atoms with Gasteiger partial charge in [0.2, 0.25) is 0 Å². The van der Waals surface area contributed by atoms with Gasteiger partial charge in [-0.25, -0.2) is 4.98 Å². The molecule has 0 amide bonds. The molecule has 0 fully saturated rings. The van der Waals surface area contributed by atoms with Gasteiger partial charge in [-0.2, -0.15) is 0 Å². The molecule has 0 aliphatic carbocycles. The summed E-state index contributed by atoms with van der Waals surface area (Å²) in [5, 5.41) is 9.66. The number of phenolic OH excluding ortho intramolecular Hbond substituents is 1. The van der Waals surface area contributed by atoms with Crippen LogP contribution in [-0.4, -0.2) is 14.7 Å². The normalized spacial score (nSPS) is 10.7. The third-order valence-corrected chi connectivity index (χ3v) is 2.19. The van der Waals surface area contributed by atoms with E-state index in [1.165, 1.54) is 10.8 Å². The van der Waals surface area contributed by atoms with Crippen molar-refractivity contribution in [3.05, 3.63) is 34.2 Å². The smallest absolute Gasteiger partial charge is 0.269 e. The van der Waals surface area contributed by atoms with Crippen molar-refractivity contribution in [1.82, 2.24) is 9.55 Å². The van der Waals surface area contributed by atoms with Gasteiger partial charge in [0.1, 0.15) is 11.3 Å². The summed E-state index contributed by atoms with van der Waals surface area (Å²) in [6.45, 7) is 1.87. The lowest BCUT2D eigenvalue weighted by atomic mass is 10.2. The van der Waals surface area contributed by atoms with Crippen LogP contribution in [0.4, 0.5) is 0 Å². The van der Waals surface area contributed by atoms with Crippen molar-refractivity contribution >= 4 is 11.0 Å². The first-order valence-electron chi connectivity index (χ1n) is 4.25. The maximum absolute atomic E-state index is 11.3. The Morgan fingerprint density at radius 1 is 1.43 bits per heavy atom. The van der Waals surface area contributed by atoms with Crippen molar-refractivity contribution in [2.75, 3.05) is 0 Å². The molecule has 14 heavy (non-hydrogen) atoms. The predicted octanol–water partition coefficient (Wildman–Crippen LogP) is 0.948. The van der Waals surface area contributed by atoms with Crippen molar-refractivity contribution in [1.29, 1.82) is 0 Å². The van der Waals surface area contributed by atoms with Gasteiger partial charge in [0.25, 0.3) is 5.56 Å². The van der Waals surface area contributed by atoms with Crippen LogP contribution in [0.3, 0.4) is 0 Å². The Labute approximate surface area is 80.4 Å². The van der Waals surface area contributed by atoms with Gasteiger partial charge < -0.3 is 9.67 Å². The number of rotatable bonds is 0. The quantitative estimate of drug-likeness (QED) is 0.672. The molecule has 0 saturated carbocycles. The minimum absolute atomic E-state index is 0.0905. The monoisotopic (exact) mass is 190 g/mol. The van der Waals surface area contributed by atoms with Crippen LogP contribution in [0.15, 0.2) is 23.1 Å². The number of fused-ring (bicyclic) bond motifs is 1. The van der Waals surface area contributed by atoms with Crippen molar-refractivity contribution in [3.63, 3.8) is 0 Å². The van der Waals surface area contributed by atoms with Gasteiger partial charge in [0.05, 0.1) is 11.7 Å². The van der Waals surface area contributed by atoms with E-state index in [1.54, 1.807) is 13.1 Å². The highest BCUT2D eigenvalue weighted by molar-refractivity contribution is 5.81. The van der Waals surface area contributed by atoms with Gasteiger partial charge in [-0.15, -0.1) is 0 Å². The van der Waals surface area contributed by atoms with Crippen molar-refractivity contribution in [2.24, 2.45) is 7.05 Å². The summed E-state index contributed by atoms with van der Waals surface area (Å²) in [5.41, 5.74) is 1.80. The van der Waals surface area contributed by atoms with Crippen LogP contribution in [0.2, 0.25) is 0 Å². The second-order valence-corrected chi connectivity index (χ2v) is 3.31. The van der Waals surface area contributed by atoms with E-state index in [1.807, 2.05) is 13.0 Å². The Balaban J connectivity index is 3.03. The summed E-state index contributed by atoms with van der Waals surface area (Å²) in [5.74, 6) is 0.0905. The van der Waals surface area contributed by atoms with Gasteiger partial charge >= 0.3 is 0 Å². The summed E-state index contributed by atoms with van der Waals surface area (Å²) in [4.78, 5) is 15.2. The summed E-state index contributed by atoms with van der Waals surface area (Å²) in [7, 11) is 1.61. The van der Waals surface area contributed by atoms with E-state index in [0.717, 1.165) is 5.56 Å². The van der Waals surface area contributed by atoms with Crippen LogP contribution >= 0.6 is 0 Å². The summed E-state index contributed by atoms with van der Waals surface area (Å²) in [6, 6.07) is 3.44. The number of benzene rings is 1. The van der Waals surface area contributed by atoms with Crippen molar-refractivity contribution in [3.8, 4) is 5.75 Å². The van der Waals surface area contributed by atoms with Gasteiger partial charge in [0.15, 0.2) is 0 Å². The van der Waals surface area contributed by atoms with E-state index in [0.29, 0.717) is 11.0 Å². The molecule has 0 aliphatic heterocycles. The maximum atomic E-state index is 11.3. The number of aromatic hydroxyl groups is 1. The van der Waals surface area contributed by atoms with Crippen LogP contribution in [0.25, 0.3) is 11.0 Å². The van der Waals surface area contributed by atoms with E-state index in [-0.39, 0.29) is 11.3 Å². The average molecular weight is 190 g/mol. The van der Waals surface area contributed by atoms with Gasteiger partial charge in [0, 0.05) is 7.05 Å². The molecule has 2 aromatic rings. The average Bonchev–Trinajstić information content (AvgIpc) is 2.10. The van der Waals surface area contributed by atoms with Crippen LogP contribution in [-0.2, 0) is 7.05 Å². The Kier molecular flexibility index (Phi) is 1.77. The van der Waals surface area contributed by atoms with E-state index >= 15 is 0 Å². The highest BCUT2D eigenvalue weighted by Crippen LogP contribution is 2.22. The number of hydrogen-bond acceptors (Lipinski definition) is 3. The molecule has 4 heteroatoms. The summed E-state index contributed by atoms with van der Waals surface area (Å²) < 4.78 is 1.39. The molecular weight excluding hydrogens is 180 g/mol. The zero-order valence-electron chi connectivity index (χ0n) is 7.98. The molecule has 1 aromatic heterocycles. The van der Waals surface area contributed by atoms with Crippen LogP contribution in [0.5, 0.6) is 5.75 Å². The first-order valence-corrected chi connectivity index (χ1v) is 4.25. The topological polar surface area (TPSA) is 55.1 Å². The molecule has 1 aromatic carbocycles. The fraction of sp³-hybridized carbons (Fsp3) is 0.200. The van der Waals surface area contributed by atoms with E-state index in [2.05, 4.69) is 4.98 Å². The Bertz CT molecular complexity index is 558. The Morgan fingerprint density at radius 3 is 2.86 bits per heavy atom. The lowest BCUT2D eigenvalue weighted by Gasteiger charge is -2.06. The van der Waals surface area contributed by atoms with Crippen molar-refractivity contribution < 1.29 is 5.11 Å². The highest BCUT2D eigenvalue weighted by atomic mass is 16.3. The highest BCUT2D eigenvalue weighted by Gasteiger charge is 2.06. The van der Waals surface area contributed by atoms with Crippen molar-refractivity contribution in [2.45, 2.75) is 6.92 Å². The van der Waals surface area contributed by atoms with Crippen LogP contribution < -0.4 is 5.56 Å². The molecule has 0 bridgehead atoms. The first kappa shape index (κ1) is 8.74. The van der Waals surface area contributed by atoms with E-state index < -0.39 is 0 Å². The number of nitrogens with zero attached hydrogens (tertiary/aromatic N) is 2. The number of phenols is 1. The van der Waals surface area contributed by atoms with Gasteiger partial charge in [-0.3, -0.25) is 4.79 Å². The van der Waals surface area contributed by atoms with Crippen LogP contribution in [0.1, 0.15) is 5.56 Å². The fourth-order valence-electron chi connectivity index (χ4n) is 1.50. The molecule has 0 radical (unpaired) electrons.